The molecule has 1 amide bonds. The minimum absolute atomic E-state index is 0.156. The summed E-state index contributed by atoms with van der Waals surface area (Å²) >= 11 is 0. The van der Waals surface area contributed by atoms with Crippen molar-refractivity contribution in [3.05, 3.63) is 77.2 Å². The van der Waals surface area contributed by atoms with E-state index in [4.69, 9.17) is 4.74 Å². The van der Waals surface area contributed by atoms with Gasteiger partial charge in [0.05, 0.1) is 41.2 Å². The standard InChI is InChI=1S/C27H25N5O3/c1-16(33)25-23-14-30-31-26(23)20(13-29-25)15-32(2)27(34)19-6-9-22(24(11-19)35-21-7-8-21)18-5-3-4-17(10-18)12-28/h3-6,9-11,13-14,16,21,33H,7-8,15H2,1-2H3,(H,30,31). The van der Waals surface area contributed by atoms with Crippen molar-refractivity contribution in [2.24, 2.45) is 0 Å². The van der Waals surface area contributed by atoms with Gasteiger partial charge in [-0.05, 0) is 55.7 Å². The molecule has 0 aliphatic heterocycles. The van der Waals surface area contributed by atoms with Gasteiger partial charge >= 0.3 is 0 Å². The average Bonchev–Trinajstić information content (AvgIpc) is 3.54. The van der Waals surface area contributed by atoms with E-state index in [0.29, 0.717) is 29.1 Å². The summed E-state index contributed by atoms with van der Waals surface area (Å²) in [4.78, 5) is 19.3. The summed E-state index contributed by atoms with van der Waals surface area (Å²) in [5.74, 6) is 0.482. The third-order valence-corrected chi connectivity index (χ3v) is 6.10. The minimum atomic E-state index is -0.722. The molecule has 1 saturated carbocycles. The zero-order chi connectivity index (χ0) is 24.5. The number of hydrogen-bond acceptors (Lipinski definition) is 6. The van der Waals surface area contributed by atoms with E-state index in [9.17, 15) is 15.2 Å². The topological polar surface area (TPSA) is 115 Å². The monoisotopic (exact) mass is 467 g/mol. The molecular weight excluding hydrogens is 442 g/mol. The Hall–Kier alpha value is -4.22. The summed E-state index contributed by atoms with van der Waals surface area (Å²) in [6.07, 6.45) is 4.72. The summed E-state index contributed by atoms with van der Waals surface area (Å²) in [5, 5.41) is 27.0. The lowest BCUT2D eigenvalue weighted by molar-refractivity contribution is 0.0785. The largest absolute Gasteiger partial charge is 0.490 e. The molecule has 176 valence electrons. The Kier molecular flexibility index (Phi) is 5.93. The first-order valence-electron chi connectivity index (χ1n) is 11.5. The number of aromatic nitrogens is 3. The third-order valence-electron chi connectivity index (χ3n) is 6.10. The van der Waals surface area contributed by atoms with E-state index in [-0.39, 0.29) is 12.0 Å². The highest BCUT2D eigenvalue weighted by molar-refractivity contribution is 5.96. The van der Waals surface area contributed by atoms with Gasteiger partial charge in [-0.25, -0.2) is 0 Å². The van der Waals surface area contributed by atoms with Crippen LogP contribution in [0.25, 0.3) is 22.0 Å². The quantitative estimate of drug-likeness (QED) is 0.417. The molecule has 2 aromatic carbocycles. The lowest BCUT2D eigenvalue weighted by atomic mass is 10.00. The SMILES string of the molecule is CC(O)c1ncc(CN(C)C(=O)c2ccc(-c3cccc(C#N)c3)c(OC3CC3)c2)c2[nH]ncc12. The van der Waals surface area contributed by atoms with Crippen LogP contribution in [0.15, 0.2) is 54.9 Å². The second-order valence-corrected chi connectivity index (χ2v) is 8.89. The molecule has 4 aromatic rings. The smallest absolute Gasteiger partial charge is 0.254 e. The molecular formula is C27H25N5O3. The molecule has 1 aliphatic rings. The Morgan fingerprint density at radius 2 is 2.11 bits per heavy atom. The molecule has 0 saturated heterocycles. The Bertz CT molecular complexity index is 1450. The molecule has 0 bridgehead atoms. The summed E-state index contributed by atoms with van der Waals surface area (Å²) < 4.78 is 6.16. The van der Waals surface area contributed by atoms with Gasteiger partial charge in [0, 0.05) is 41.9 Å². The first kappa shape index (κ1) is 22.6. The highest BCUT2D eigenvalue weighted by atomic mass is 16.5. The van der Waals surface area contributed by atoms with Gasteiger partial charge in [-0.2, -0.15) is 10.4 Å². The second kappa shape index (κ2) is 9.20. The van der Waals surface area contributed by atoms with Crippen molar-refractivity contribution in [3.8, 4) is 22.9 Å². The van der Waals surface area contributed by atoms with Crippen LogP contribution < -0.4 is 4.74 Å². The highest BCUT2D eigenvalue weighted by Gasteiger charge is 2.26. The molecule has 2 heterocycles. The summed E-state index contributed by atoms with van der Waals surface area (Å²) in [7, 11) is 1.73. The number of carbonyl (C=O) groups excluding carboxylic acids is 1. The number of nitrogens with one attached hydrogen (secondary N) is 1. The number of aliphatic hydroxyl groups excluding tert-OH is 1. The zero-order valence-corrected chi connectivity index (χ0v) is 19.5. The van der Waals surface area contributed by atoms with E-state index in [0.717, 1.165) is 40.4 Å². The van der Waals surface area contributed by atoms with Crippen LogP contribution in [0.5, 0.6) is 5.75 Å². The lowest BCUT2D eigenvalue weighted by Gasteiger charge is -2.20. The van der Waals surface area contributed by atoms with Gasteiger partial charge in [-0.3, -0.25) is 14.9 Å². The second-order valence-electron chi connectivity index (χ2n) is 8.89. The Morgan fingerprint density at radius 1 is 1.29 bits per heavy atom. The van der Waals surface area contributed by atoms with Crippen molar-refractivity contribution < 1.29 is 14.6 Å². The normalized spacial score (nSPS) is 13.9. The van der Waals surface area contributed by atoms with Crippen LogP contribution in [0.3, 0.4) is 0 Å². The number of hydrogen-bond donors (Lipinski definition) is 2. The Morgan fingerprint density at radius 3 is 2.86 bits per heavy atom. The highest BCUT2D eigenvalue weighted by Crippen LogP contribution is 2.36. The van der Waals surface area contributed by atoms with E-state index >= 15 is 0 Å². The maximum atomic E-state index is 13.3. The first-order chi connectivity index (χ1) is 16.9. The number of aliphatic hydroxyl groups is 1. The Balaban J connectivity index is 1.43. The molecule has 5 rings (SSSR count). The fraction of sp³-hybridized carbons (Fsp3) is 0.259. The minimum Gasteiger partial charge on any atom is -0.490 e. The van der Waals surface area contributed by atoms with Crippen LogP contribution in [0.2, 0.25) is 0 Å². The van der Waals surface area contributed by atoms with Crippen LogP contribution in [-0.2, 0) is 6.54 Å². The number of ether oxygens (including phenoxy) is 1. The van der Waals surface area contributed by atoms with Crippen molar-refractivity contribution in [1.29, 1.82) is 5.26 Å². The van der Waals surface area contributed by atoms with Crippen LogP contribution in [0, 0.1) is 11.3 Å². The van der Waals surface area contributed by atoms with Gasteiger partial charge in [-0.15, -0.1) is 0 Å². The molecule has 0 spiro atoms. The van der Waals surface area contributed by atoms with E-state index in [1.54, 1.807) is 49.5 Å². The first-order valence-corrected chi connectivity index (χ1v) is 11.5. The molecule has 8 nitrogen and oxygen atoms in total. The van der Waals surface area contributed by atoms with E-state index in [1.807, 2.05) is 24.3 Å². The van der Waals surface area contributed by atoms with Crippen molar-refractivity contribution >= 4 is 16.8 Å². The maximum Gasteiger partial charge on any atom is 0.254 e. The number of H-pyrrole nitrogens is 1. The molecule has 0 radical (unpaired) electrons. The van der Waals surface area contributed by atoms with E-state index < -0.39 is 6.10 Å². The molecule has 1 fully saturated rings. The summed E-state index contributed by atoms with van der Waals surface area (Å²) in [6.45, 7) is 1.97. The van der Waals surface area contributed by atoms with Crippen LogP contribution in [0.4, 0.5) is 0 Å². The molecule has 1 unspecified atom stereocenters. The molecule has 1 aliphatic carbocycles. The van der Waals surface area contributed by atoms with Crippen LogP contribution >= 0.6 is 0 Å². The van der Waals surface area contributed by atoms with Crippen molar-refractivity contribution in [1.82, 2.24) is 20.1 Å². The maximum absolute atomic E-state index is 13.3. The predicted octanol–water partition coefficient (Wildman–Crippen LogP) is 4.36. The number of rotatable bonds is 7. The van der Waals surface area contributed by atoms with Gasteiger partial charge in [-0.1, -0.05) is 12.1 Å². The summed E-state index contributed by atoms with van der Waals surface area (Å²) in [6, 6.07) is 15.0. The molecule has 2 N–H and O–H groups in total. The number of fused-ring (bicyclic) bond motifs is 1. The molecule has 2 aromatic heterocycles. The number of nitrogens with zero attached hydrogens (tertiary/aromatic N) is 4. The average molecular weight is 468 g/mol. The molecule has 8 heteroatoms. The molecule has 35 heavy (non-hydrogen) atoms. The third kappa shape index (κ3) is 4.59. The number of nitriles is 1. The van der Waals surface area contributed by atoms with Gasteiger partial charge in [0.2, 0.25) is 0 Å². The van der Waals surface area contributed by atoms with E-state index in [2.05, 4.69) is 21.3 Å². The van der Waals surface area contributed by atoms with Gasteiger partial charge in [0.1, 0.15) is 5.75 Å². The number of pyridine rings is 1. The van der Waals surface area contributed by atoms with Crippen molar-refractivity contribution in [3.63, 3.8) is 0 Å². The van der Waals surface area contributed by atoms with Gasteiger partial charge in [0.15, 0.2) is 0 Å². The lowest BCUT2D eigenvalue weighted by Crippen LogP contribution is -2.26. The zero-order valence-electron chi connectivity index (χ0n) is 19.5. The molecule has 1 atom stereocenters. The summed E-state index contributed by atoms with van der Waals surface area (Å²) in [5.41, 5.74) is 4.91. The van der Waals surface area contributed by atoms with Crippen LogP contribution in [-0.4, -0.2) is 44.2 Å². The van der Waals surface area contributed by atoms with Crippen molar-refractivity contribution in [2.75, 3.05) is 7.05 Å². The van der Waals surface area contributed by atoms with Gasteiger partial charge < -0.3 is 14.7 Å². The number of benzene rings is 2. The van der Waals surface area contributed by atoms with E-state index in [1.165, 1.54) is 0 Å². The number of carbonyl (C=O) groups is 1. The number of aromatic amines is 1. The fourth-order valence-electron chi connectivity index (χ4n) is 4.12. The number of amides is 1. The fourth-order valence-corrected chi connectivity index (χ4v) is 4.12. The predicted molar refractivity (Wildman–Crippen MR) is 131 cm³/mol. The van der Waals surface area contributed by atoms with Crippen molar-refractivity contribution in [2.45, 2.75) is 38.5 Å². The van der Waals surface area contributed by atoms with Gasteiger partial charge in [0.25, 0.3) is 5.91 Å². The Labute approximate surface area is 202 Å². The van der Waals surface area contributed by atoms with Crippen LogP contribution in [0.1, 0.15) is 53.0 Å².